The van der Waals surface area contributed by atoms with Crippen molar-refractivity contribution in [1.29, 1.82) is 0 Å². The van der Waals surface area contributed by atoms with Crippen molar-refractivity contribution < 1.29 is 33.3 Å². The standard InChI is InChI=1S/C11H13NO2.C8H13NO3.C7H14N2O2/c1-12-10(8-14-11(12)13)7-9-5-3-2-4-6-9;1-9-7(5-12-8(9)10)2-6-3-11-4-6;1-8(2)4-6-5-11-7(10)9(6)3/h2-6,10H,7-8H2,1H3;6-7H,2-5H2,1H3;6H,4-5H2,1-3H3/t10-;7-;6-/m000/s1. The molecular formula is C26H40N4O7. The number of hydrogen-bond donors (Lipinski definition) is 0. The fourth-order valence-corrected chi connectivity index (χ4v) is 4.30. The van der Waals surface area contributed by atoms with E-state index in [1.165, 1.54) is 5.56 Å². The van der Waals surface area contributed by atoms with E-state index >= 15 is 0 Å². The van der Waals surface area contributed by atoms with Crippen molar-refractivity contribution in [1.82, 2.24) is 19.6 Å². The van der Waals surface area contributed by atoms with Crippen molar-refractivity contribution in [3.05, 3.63) is 35.9 Å². The highest BCUT2D eigenvalue weighted by Gasteiger charge is 2.33. The normalized spacial score (nSPS) is 25.1. The molecule has 0 saturated carbocycles. The van der Waals surface area contributed by atoms with Gasteiger partial charge in [-0.3, -0.25) is 0 Å². The monoisotopic (exact) mass is 520 g/mol. The SMILES string of the molecule is CN(C)C[C@H]1COC(=O)N1C.CN1C(=O)OC[C@@H]1CC1COC1.CN1C(=O)OC[C@@H]1Cc1ccccc1. The van der Waals surface area contributed by atoms with Gasteiger partial charge in [0.15, 0.2) is 0 Å². The highest BCUT2D eigenvalue weighted by molar-refractivity contribution is 5.70. The first-order valence-corrected chi connectivity index (χ1v) is 12.6. The van der Waals surface area contributed by atoms with Crippen molar-refractivity contribution in [3.8, 4) is 0 Å². The van der Waals surface area contributed by atoms with E-state index in [0.717, 1.165) is 32.6 Å². The summed E-state index contributed by atoms with van der Waals surface area (Å²) in [7, 11) is 9.30. The Balaban J connectivity index is 0.000000156. The summed E-state index contributed by atoms with van der Waals surface area (Å²) in [5, 5.41) is 0. The van der Waals surface area contributed by atoms with Crippen LogP contribution in [0.1, 0.15) is 12.0 Å². The van der Waals surface area contributed by atoms with E-state index in [4.69, 9.17) is 18.9 Å². The van der Waals surface area contributed by atoms with Gasteiger partial charge in [-0.1, -0.05) is 30.3 Å². The summed E-state index contributed by atoms with van der Waals surface area (Å²) < 4.78 is 19.7. The number of likely N-dealkylation sites (N-methyl/N-ethyl adjacent to an activating group) is 4. The van der Waals surface area contributed by atoms with Crippen LogP contribution in [0.2, 0.25) is 0 Å². The minimum absolute atomic E-state index is 0.185. The molecule has 4 fully saturated rings. The van der Waals surface area contributed by atoms with Crippen molar-refractivity contribution in [2.45, 2.75) is 31.0 Å². The van der Waals surface area contributed by atoms with Crippen LogP contribution in [-0.2, 0) is 25.4 Å². The lowest BCUT2D eigenvalue weighted by molar-refractivity contribution is -0.0424. The molecule has 0 aromatic heterocycles. The zero-order valence-electron chi connectivity index (χ0n) is 22.5. The second-order valence-corrected chi connectivity index (χ2v) is 10.1. The molecule has 0 aliphatic carbocycles. The fourth-order valence-electron chi connectivity index (χ4n) is 4.30. The molecule has 11 heteroatoms. The van der Waals surface area contributed by atoms with Gasteiger partial charge in [-0.15, -0.1) is 0 Å². The fraction of sp³-hybridized carbons (Fsp3) is 0.654. The minimum atomic E-state index is -0.217. The topological polar surface area (TPSA) is 101 Å². The molecule has 0 radical (unpaired) electrons. The molecule has 206 valence electrons. The quantitative estimate of drug-likeness (QED) is 0.526. The Labute approximate surface area is 219 Å². The van der Waals surface area contributed by atoms with Gasteiger partial charge < -0.3 is 38.5 Å². The maximum absolute atomic E-state index is 11.1. The summed E-state index contributed by atoms with van der Waals surface area (Å²) in [4.78, 5) is 39.9. The summed E-state index contributed by atoms with van der Waals surface area (Å²) in [6, 6.07) is 10.8. The van der Waals surface area contributed by atoms with Crippen molar-refractivity contribution in [2.75, 3.05) is 74.8 Å². The number of benzene rings is 1. The average molecular weight is 521 g/mol. The highest BCUT2D eigenvalue weighted by atomic mass is 16.6. The number of carbonyl (C=O) groups excluding carboxylic acids is 3. The molecule has 3 atom stereocenters. The highest BCUT2D eigenvalue weighted by Crippen LogP contribution is 2.22. The number of carbonyl (C=O) groups is 3. The van der Waals surface area contributed by atoms with Crippen LogP contribution >= 0.6 is 0 Å². The summed E-state index contributed by atoms with van der Waals surface area (Å²) >= 11 is 0. The Bertz CT molecular complexity index is 896. The van der Waals surface area contributed by atoms with E-state index in [9.17, 15) is 14.4 Å². The van der Waals surface area contributed by atoms with Crippen LogP contribution in [0.25, 0.3) is 0 Å². The zero-order valence-corrected chi connectivity index (χ0v) is 22.5. The second-order valence-electron chi connectivity index (χ2n) is 10.1. The number of ether oxygens (including phenoxy) is 4. The molecule has 3 amide bonds. The van der Waals surface area contributed by atoms with Crippen LogP contribution in [0, 0.1) is 5.92 Å². The molecule has 37 heavy (non-hydrogen) atoms. The minimum Gasteiger partial charge on any atom is -0.447 e. The van der Waals surface area contributed by atoms with Crippen LogP contribution < -0.4 is 0 Å². The maximum Gasteiger partial charge on any atom is 0.409 e. The van der Waals surface area contributed by atoms with Gasteiger partial charge in [-0.05, 0) is 32.5 Å². The van der Waals surface area contributed by atoms with E-state index in [0.29, 0.717) is 25.7 Å². The lowest BCUT2D eigenvalue weighted by Gasteiger charge is -2.29. The average Bonchev–Trinajstić information content (AvgIpc) is 3.46. The second kappa shape index (κ2) is 13.5. The molecule has 4 heterocycles. The molecule has 0 bridgehead atoms. The van der Waals surface area contributed by atoms with E-state index in [2.05, 4.69) is 12.1 Å². The van der Waals surface area contributed by atoms with Gasteiger partial charge in [0, 0.05) is 33.6 Å². The van der Waals surface area contributed by atoms with Crippen LogP contribution in [0.3, 0.4) is 0 Å². The number of cyclic esters (lactones) is 3. The van der Waals surface area contributed by atoms with Gasteiger partial charge in [-0.25, -0.2) is 14.4 Å². The van der Waals surface area contributed by atoms with Gasteiger partial charge in [0.25, 0.3) is 0 Å². The first kappa shape index (κ1) is 28.5. The Morgan fingerprint density at radius 1 is 0.730 bits per heavy atom. The third-order valence-electron chi connectivity index (χ3n) is 6.91. The summed E-state index contributed by atoms with van der Waals surface area (Å²) in [6.45, 7) is 4.13. The molecule has 1 aromatic carbocycles. The first-order valence-electron chi connectivity index (χ1n) is 12.6. The molecule has 4 aliphatic rings. The van der Waals surface area contributed by atoms with Crippen LogP contribution in [0.5, 0.6) is 0 Å². The first-order chi connectivity index (χ1) is 17.7. The van der Waals surface area contributed by atoms with Crippen molar-refractivity contribution in [2.24, 2.45) is 5.92 Å². The summed E-state index contributed by atoms with van der Waals surface area (Å²) in [5.74, 6) is 0.631. The molecule has 1 aromatic rings. The Hall–Kier alpha value is -3.05. The van der Waals surface area contributed by atoms with Gasteiger partial charge in [-0.2, -0.15) is 0 Å². The van der Waals surface area contributed by atoms with Crippen LogP contribution in [0.15, 0.2) is 30.3 Å². The number of amides is 3. The van der Waals surface area contributed by atoms with Gasteiger partial charge in [0.1, 0.15) is 19.8 Å². The lowest BCUT2D eigenvalue weighted by atomic mass is 9.98. The predicted octanol–water partition coefficient (Wildman–Crippen LogP) is 2.15. The third kappa shape index (κ3) is 8.22. The summed E-state index contributed by atoms with van der Waals surface area (Å²) in [5.41, 5.74) is 1.24. The summed E-state index contributed by atoms with van der Waals surface area (Å²) in [6.07, 6.45) is 1.26. The van der Waals surface area contributed by atoms with E-state index in [1.807, 2.05) is 37.2 Å². The molecule has 0 N–H and O–H groups in total. The number of hydrogen-bond acceptors (Lipinski definition) is 8. The van der Waals surface area contributed by atoms with Gasteiger partial charge >= 0.3 is 18.3 Å². The van der Waals surface area contributed by atoms with Crippen molar-refractivity contribution >= 4 is 18.3 Å². The van der Waals surface area contributed by atoms with Crippen LogP contribution in [-0.4, -0.2) is 131 Å². The molecular weight excluding hydrogens is 480 g/mol. The maximum atomic E-state index is 11.1. The molecule has 4 aliphatic heterocycles. The van der Waals surface area contributed by atoms with Crippen LogP contribution in [0.4, 0.5) is 14.4 Å². The Kier molecular flexibility index (Phi) is 10.4. The van der Waals surface area contributed by atoms with E-state index in [1.54, 1.807) is 35.8 Å². The molecule has 4 saturated heterocycles. The smallest absolute Gasteiger partial charge is 0.409 e. The Morgan fingerprint density at radius 2 is 1.22 bits per heavy atom. The molecule has 0 unspecified atom stereocenters. The largest absolute Gasteiger partial charge is 0.447 e. The number of rotatable bonds is 6. The third-order valence-corrected chi connectivity index (χ3v) is 6.91. The molecule has 11 nitrogen and oxygen atoms in total. The predicted molar refractivity (Wildman–Crippen MR) is 136 cm³/mol. The number of nitrogens with zero attached hydrogens (tertiary/aromatic N) is 4. The van der Waals surface area contributed by atoms with E-state index in [-0.39, 0.29) is 36.4 Å². The van der Waals surface area contributed by atoms with E-state index < -0.39 is 0 Å². The molecule has 5 rings (SSSR count). The van der Waals surface area contributed by atoms with Crippen molar-refractivity contribution in [3.63, 3.8) is 0 Å². The lowest BCUT2D eigenvalue weighted by Crippen LogP contribution is -2.37. The van der Waals surface area contributed by atoms with Gasteiger partial charge in [0.2, 0.25) is 0 Å². The zero-order chi connectivity index (χ0) is 26.9. The Morgan fingerprint density at radius 3 is 1.62 bits per heavy atom. The van der Waals surface area contributed by atoms with Gasteiger partial charge in [0.05, 0.1) is 31.3 Å². The molecule has 0 spiro atoms.